The molecular weight excluding hydrogens is 238 g/mol. The number of carbonyl (C=O) groups is 1. The topological polar surface area (TPSA) is 41.1 Å². The summed E-state index contributed by atoms with van der Waals surface area (Å²) in [5, 5.41) is 6.01. The summed E-state index contributed by atoms with van der Waals surface area (Å²) < 4.78 is 25.8. The molecule has 0 radical (unpaired) electrons. The molecule has 2 N–H and O–H groups in total. The van der Waals surface area contributed by atoms with Gasteiger partial charge in [0.1, 0.15) is 0 Å². The van der Waals surface area contributed by atoms with E-state index in [1.54, 1.807) is 6.07 Å². The predicted molar refractivity (Wildman–Crippen MR) is 63.8 cm³/mol. The normalized spacial score (nSPS) is 20.3. The van der Waals surface area contributed by atoms with Crippen LogP contribution < -0.4 is 10.6 Å². The zero-order chi connectivity index (χ0) is 13.0. The molecule has 0 bridgehead atoms. The third-order valence-electron chi connectivity index (χ3n) is 3.06. The maximum atomic E-state index is 13.0. The second kappa shape index (κ2) is 5.91. The van der Waals surface area contributed by atoms with Crippen molar-refractivity contribution in [1.29, 1.82) is 0 Å². The molecule has 1 aromatic carbocycles. The zero-order valence-corrected chi connectivity index (χ0v) is 10.0. The highest BCUT2D eigenvalue weighted by Crippen LogP contribution is 2.11. The molecule has 1 atom stereocenters. The summed E-state index contributed by atoms with van der Waals surface area (Å²) in [6, 6.07) is 3.94. The van der Waals surface area contributed by atoms with E-state index in [0.717, 1.165) is 18.9 Å². The lowest BCUT2D eigenvalue weighted by molar-refractivity contribution is -0.121. The first-order valence-electron chi connectivity index (χ1n) is 6.09. The average Bonchev–Trinajstić information content (AvgIpc) is 2.55. The molecule has 1 aliphatic rings. The van der Waals surface area contributed by atoms with Gasteiger partial charge in [0, 0.05) is 25.6 Å². The molecule has 1 fully saturated rings. The molecule has 18 heavy (non-hydrogen) atoms. The zero-order valence-electron chi connectivity index (χ0n) is 10.0. The summed E-state index contributed by atoms with van der Waals surface area (Å²) in [7, 11) is 0. The van der Waals surface area contributed by atoms with Crippen molar-refractivity contribution >= 4 is 5.91 Å². The number of halogens is 2. The van der Waals surface area contributed by atoms with Crippen molar-refractivity contribution in [3.63, 3.8) is 0 Å². The minimum Gasteiger partial charge on any atom is -0.356 e. The van der Waals surface area contributed by atoms with Crippen LogP contribution in [-0.4, -0.2) is 18.5 Å². The highest BCUT2D eigenvalue weighted by molar-refractivity contribution is 5.76. The highest BCUT2D eigenvalue weighted by Gasteiger charge is 2.16. The van der Waals surface area contributed by atoms with Crippen molar-refractivity contribution in [3.05, 3.63) is 35.4 Å². The molecule has 0 aliphatic carbocycles. The van der Waals surface area contributed by atoms with E-state index in [4.69, 9.17) is 0 Å². The standard InChI is InChI=1S/C13H16F2N2O/c14-11-4-3-9(6-12(11)15)8-17-10-2-1-5-16-13(18)7-10/h3-4,6,10,17H,1-2,5,7-8H2,(H,16,18). The summed E-state index contributed by atoms with van der Waals surface area (Å²) in [5.41, 5.74) is 0.679. The second-order valence-corrected chi connectivity index (χ2v) is 4.52. The Kier molecular flexibility index (Phi) is 4.25. The molecule has 1 aromatic rings. The molecule has 0 spiro atoms. The number of nitrogens with one attached hydrogen (secondary N) is 2. The van der Waals surface area contributed by atoms with Crippen LogP contribution in [0.5, 0.6) is 0 Å². The van der Waals surface area contributed by atoms with Gasteiger partial charge in [0.2, 0.25) is 5.91 Å². The number of amides is 1. The van der Waals surface area contributed by atoms with Gasteiger partial charge in [0.25, 0.3) is 0 Å². The van der Waals surface area contributed by atoms with E-state index >= 15 is 0 Å². The van der Waals surface area contributed by atoms with Gasteiger partial charge in [-0.05, 0) is 30.5 Å². The molecule has 1 saturated heterocycles. The Morgan fingerprint density at radius 1 is 1.33 bits per heavy atom. The summed E-state index contributed by atoms with van der Waals surface area (Å²) in [5.74, 6) is -1.64. The highest BCUT2D eigenvalue weighted by atomic mass is 19.2. The molecule has 3 nitrogen and oxygen atoms in total. The Bertz CT molecular complexity index is 437. The second-order valence-electron chi connectivity index (χ2n) is 4.52. The fourth-order valence-electron chi connectivity index (χ4n) is 2.06. The first-order valence-corrected chi connectivity index (χ1v) is 6.09. The van der Waals surface area contributed by atoms with Crippen LogP contribution in [0, 0.1) is 11.6 Å². The van der Waals surface area contributed by atoms with E-state index in [9.17, 15) is 13.6 Å². The molecule has 2 rings (SSSR count). The largest absolute Gasteiger partial charge is 0.356 e. The first kappa shape index (κ1) is 13.0. The quantitative estimate of drug-likeness (QED) is 0.862. The van der Waals surface area contributed by atoms with E-state index in [1.807, 2.05) is 0 Å². The smallest absolute Gasteiger partial charge is 0.221 e. The average molecular weight is 254 g/mol. The number of hydrogen-bond acceptors (Lipinski definition) is 2. The van der Waals surface area contributed by atoms with Crippen molar-refractivity contribution in [3.8, 4) is 0 Å². The summed E-state index contributed by atoms with van der Waals surface area (Å²) in [6.45, 7) is 1.15. The third-order valence-corrected chi connectivity index (χ3v) is 3.06. The van der Waals surface area contributed by atoms with Crippen molar-refractivity contribution in [2.24, 2.45) is 0 Å². The van der Waals surface area contributed by atoms with E-state index in [-0.39, 0.29) is 11.9 Å². The van der Waals surface area contributed by atoms with Crippen LogP contribution in [0.2, 0.25) is 0 Å². The van der Waals surface area contributed by atoms with Crippen molar-refractivity contribution in [2.45, 2.75) is 31.8 Å². The van der Waals surface area contributed by atoms with Crippen LogP contribution in [0.3, 0.4) is 0 Å². The van der Waals surface area contributed by atoms with Gasteiger partial charge in [-0.3, -0.25) is 4.79 Å². The van der Waals surface area contributed by atoms with Gasteiger partial charge < -0.3 is 10.6 Å². The lowest BCUT2D eigenvalue weighted by atomic mass is 10.1. The Balaban J connectivity index is 1.90. The minimum atomic E-state index is -0.840. The van der Waals surface area contributed by atoms with Crippen molar-refractivity contribution in [2.75, 3.05) is 6.54 Å². The lowest BCUT2D eigenvalue weighted by Crippen LogP contribution is -2.32. The molecule has 0 saturated carbocycles. The predicted octanol–water partition coefficient (Wildman–Crippen LogP) is 1.72. The van der Waals surface area contributed by atoms with Crippen LogP contribution >= 0.6 is 0 Å². The Hall–Kier alpha value is -1.49. The molecule has 98 valence electrons. The maximum Gasteiger partial charge on any atom is 0.221 e. The number of benzene rings is 1. The molecule has 1 unspecified atom stereocenters. The molecule has 1 heterocycles. The SMILES string of the molecule is O=C1CC(NCc2ccc(F)c(F)c2)CCCN1. The van der Waals surface area contributed by atoms with Crippen molar-refractivity contribution in [1.82, 2.24) is 10.6 Å². The number of rotatable bonds is 3. The Morgan fingerprint density at radius 3 is 2.94 bits per heavy atom. The van der Waals surface area contributed by atoms with E-state index in [1.165, 1.54) is 6.07 Å². The summed E-state index contributed by atoms with van der Waals surface area (Å²) >= 11 is 0. The van der Waals surface area contributed by atoms with Crippen molar-refractivity contribution < 1.29 is 13.6 Å². The molecule has 5 heteroatoms. The van der Waals surface area contributed by atoms with Crippen LogP contribution in [0.4, 0.5) is 8.78 Å². The van der Waals surface area contributed by atoms with Gasteiger partial charge in [-0.25, -0.2) is 8.78 Å². The number of hydrogen-bond donors (Lipinski definition) is 2. The minimum absolute atomic E-state index is 0.0373. The Labute approximate surface area is 105 Å². The molecular formula is C13H16F2N2O. The summed E-state index contributed by atoms with van der Waals surface area (Å²) in [4.78, 5) is 11.3. The fraction of sp³-hybridized carbons (Fsp3) is 0.462. The van der Waals surface area contributed by atoms with Gasteiger partial charge in [-0.15, -0.1) is 0 Å². The van der Waals surface area contributed by atoms with Gasteiger partial charge in [-0.2, -0.15) is 0 Å². The van der Waals surface area contributed by atoms with Crippen LogP contribution in [0.15, 0.2) is 18.2 Å². The molecule has 0 aromatic heterocycles. The maximum absolute atomic E-state index is 13.0. The summed E-state index contributed by atoms with van der Waals surface area (Å²) in [6.07, 6.45) is 2.27. The first-order chi connectivity index (χ1) is 8.65. The fourth-order valence-corrected chi connectivity index (χ4v) is 2.06. The molecule has 1 aliphatic heterocycles. The van der Waals surface area contributed by atoms with E-state index < -0.39 is 11.6 Å². The monoisotopic (exact) mass is 254 g/mol. The third kappa shape index (κ3) is 3.50. The van der Waals surface area contributed by atoms with Gasteiger partial charge >= 0.3 is 0 Å². The van der Waals surface area contributed by atoms with Crippen LogP contribution in [0.1, 0.15) is 24.8 Å². The van der Waals surface area contributed by atoms with Crippen LogP contribution in [0.25, 0.3) is 0 Å². The molecule has 1 amide bonds. The van der Waals surface area contributed by atoms with Crippen LogP contribution in [-0.2, 0) is 11.3 Å². The van der Waals surface area contributed by atoms with Gasteiger partial charge in [0.05, 0.1) is 0 Å². The van der Waals surface area contributed by atoms with Gasteiger partial charge in [-0.1, -0.05) is 6.07 Å². The van der Waals surface area contributed by atoms with E-state index in [2.05, 4.69) is 10.6 Å². The number of carbonyl (C=O) groups excluding carboxylic acids is 1. The lowest BCUT2D eigenvalue weighted by Gasteiger charge is -2.15. The van der Waals surface area contributed by atoms with Gasteiger partial charge in [0.15, 0.2) is 11.6 Å². The Morgan fingerprint density at radius 2 is 2.17 bits per heavy atom. The van der Waals surface area contributed by atoms with E-state index in [0.29, 0.717) is 25.1 Å².